The largest absolute Gasteiger partial charge is 0.394 e. The van der Waals surface area contributed by atoms with E-state index < -0.39 is 0 Å². The topological polar surface area (TPSA) is 89.3 Å². The van der Waals surface area contributed by atoms with Crippen molar-refractivity contribution in [1.29, 1.82) is 0 Å². The summed E-state index contributed by atoms with van der Waals surface area (Å²) in [6.45, 7) is 0.303. The maximum Gasteiger partial charge on any atom is 0.211 e. The molecule has 1 aliphatic carbocycles. The van der Waals surface area contributed by atoms with Crippen LogP contribution in [0.15, 0.2) is 90.3 Å². The number of nitrogens with one attached hydrogen (secondary N) is 1. The second-order valence-corrected chi connectivity index (χ2v) is 6.74. The number of carbonyl (C=O) groups excluding carboxylic acids is 3. The zero-order valence-corrected chi connectivity index (χ0v) is 15.5. The van der Waals surface area contributed by atoms with E-state index in [1.54, 1.807) is 48.5 Å². The summed E-state index contributed by atoms with van der Waals surface area (Å²) in [5.74, 6) is -0.707. The quantitative estimate of drug-likeness (QED) is 0.661. The van der Waals surface area contributed by atoms with Gasteiger partial charge in [0.2, 0.25) is 11.6 Å². The number of carbonyl (C=O) groups is 3. The lowest BCUT2D eigenvalue weighted by Crippen LogP contribution is -2.33. The molecule has 142 valence electrons. The van der Waals surface area contributed by atoms with Crippen molar-refractivity contribution in [3.8, 4) is 0 Å². The molecule has 0 heterocycles. The molecule has 0 spiro atoms. The predicted molar refractivity (Wildman–Crippen MR) is 109 cm³/mol. The van der Waals surface area contributed by atoms with Gasteiger partial charge in [0.05, 0.1) is 0 Å². The van der Waals surface area contributed by atoms with Gasteiger partial charge in [0.25, 0.3) is 0 Å². The monoisotopic (exact) mass is 382 g/mol. The highest BCUT2D eigenvalue weighted by atomic mass is 16.1. The average Bonchev–Trinajstić information content (AvgIpc) is 2.78. The molecule has 5 heteroatoms. The fourth-order valence-electron chi connectivity index (χ4n) is 3.29. The molecule has 4 rings (SSSR count). The molecule has 0 unspecified atom stereocenters. The Morgan fingerprint density at radius 2 is 1.28 bits per heavy atom. The molecule has 5 nitrogen and oxygen atoms in total. The average molecular weight is 382 g/mol. The third-order valence-corrected chi connectivity index (χ3v) is 4.88. The summed E-state index contributed by atoms with van der Waals surface area (Å²) in [7, 11) is 0. The van der Waals surface area contributed by atoms with Crippen LogP contribution >= 0.6 is 0 Å². The third-order valence-electron chi connectivity index (χ3n) is 4.88. The van der Waals surface area contributed by atoms with Gasteiger partial charge in [0.15, 0.2) is 5.78 Å². The minimum atomic E-state index is -0.355. The van der Waals surface area contributed by atoms with Crippen LogP contribution in [0.2, 0.25) is 0 Å². The molecule has 1 aliphatic rings. The number of benzene rings is 3. The van der Waals surface area contributed by atoms with Gasteiger partial charge in [-0.15, -0.1) is 0 Å². The molecule has 3 aromatic rings. The minimum absolute atomic E-state index is 0.0540. The molecular weight excluding hydrogens is 364 g/mol. The van der Waals surface area contributed by atoms with Crippen LogP contribution in [0.4, 0.5) is 0 Å². The van der Waals surface area contributed by atoms with Crippen molar-refractivity contribution in [2.75, 3.05) is 0 Å². The number of ketones is 3. The van der Waals surface area contributed by atoms with Gasteiger partial charge in [-0.25, -0.2) is 0 Å². The van der Waals surface area contributed by atoms with Crippen molar-refractivity contribution in [2.24, 2.45) is 5.73 Å². The van der Waals surface area contributed by atoms with Gasteiger partial charge in [0, 0.05) is 28.8 Å². The van der Waals surface area contributed by atoms with E-state index in [-0.39, 0.29) is 28.7 Å². The molecule has 0 radical (unpaired) electrons. The lowest BCUT2D eigenvalue weighted by Gasteiger charge is -2.19. The molecular formula is C24H18N2O3. The van der Waals surface area contributed by atoms with Gasteiger partial charge in [-0.2, -0.15) is 0 Å². The number of allylic oxidation sites excluding steroid dienone is 2. The van der Waals surface area contributed by atoms with Gasteiger partial charge in [0.1, 0.15) is 11.4 Å². The van der Waals surface area contributed by atoms with Crippen LogP contribution in [0.5, 0.6) is 0 Å². The van der Waals surface area contributed by atoms with Gasteiger partial charge < -0.3 is 11.1 Å². The van der Waals surface area contributed by atoms with Crippen LogP contribution in [0.25, 0.3) is 0 Å². The standard InChI is InChI=1S/C24H18N2O3/c25-20-21(24(29)19-9-5-4-8-18(19)23(20)28)26-14-15-10-12-17(13-11-15)22(27)16-6-2-1-3-7-16/h1-13,26H,14,25H2. The van der Waals surface area contributed by atoms with E-state index in [0.717, 1.165) is 5.56 Å². The van der Waals surface area contributed by atoms with Crippen LogP contribution in [0, 0.1) is 0 Å². The molecule has 0 atom stereocenters. The van der Waals surface area contributed by atoms with Gasteiger partial charge >= 0.3 is 0 Å². The minimum Gasteiger partial charge on any atom is -0.394 e. The zero-order valence-electron chi connectivity index (χ0n) is 15.5. The Hall–Kier alpha value is -3.99. The zero-order chi connectivity index (χ0) is 20.4. The summed E-state index contributed by atoms with van der Waals surface area (Å²) in [6, 6.07) is 22.8. The first-order valence-electron chi connectivity index (χ1n) is 9.17. The van der Waals surface area contributed by atoms with Crippen molar-refractivity contribution in [1.82, 2.24) is 5.32 Å². The summed E-state index contributed by atoms with van der Waals surface area (Å²) in [5.41, 5.74) is 8.68. The highest BCUT2D eigenvalue weighted by molar-refractivity contribution is 6.26. The maximum atomic E-state index is 12.7. The van der Waals surface area contributed by atoms with E-state index in [1.807, 2.05) is 30.3 Å². The Kier molecular flexibility index (Phi) is 4.79. The Morgan fingerprint density at radius 3 is 1.93 bits per heavy atom. The molecule has 0 saturated heterocycles. The van der Waals surface area contributed by atoms with Gasteiger partial charge in [-0.3, -0.25) is 14.4 Å². The van der Waals surface area contributed by atoms with E-state index >= 15 is 0 Å². The van der Waals surface area contributed by atoms with E-state index in [9.17, 15) is 14.4 Å². The fraction of sp³-hybridized carbons (Fsp3) is 0.0417. The molecule has 3 N–H and O–H groups in total. The highest BCUT2D eigenvalue weighted by Gasteiger charge is 2.30. The van der Waals surface area contributed by atoms with E-state index in [0.29, 0.717) is 28.8 Å². The SMILES string of the molecule is NC1=C(NCc2ccc(C(=O)c3ccccc3)cc2)C(=O)c2ccccc2C1=O. The van der Waals surface area contributed by atoms with Crippen molar-refractivity contribution in [3.05, 3.63) is 118 Å². The number of rotatable bonds is 5. The smallest absolute Gasteiger partial charge is 0.211 e. The van der Waals surface area contributed by atoms with E-state index in [1.165, 1.54) is 0 Å². The molecule has 0 aliphatic heterocycles. The van der Waals surface area contributed by atoms with E-state index in [2.05, 4.69) is 5.32 Å². The molecule has 0 amide bonds. The molecule has 0 fully saturated rings. The number of hydrogen-bond acceptors (Lipinski definition) is 5. The molecule has 29 heavy (non-hydrogen) atoms. The normalized spacial score (nSPS) is 13.2. The molecule has 0 saturated carbocycles. The Balaban J connectivity index is 1.50. The number of fused-ring (bicyclic) bond motifs is 1. The molecule has 0 aromatic heterocycles. The van der Waals surface area contributed by atoms with Crippen LogP contribution in [0.1, 0.15) is 42.2 Å². The van der Waals surface area contributed by atoms with Crippen LogP contribution in [-0.2, 0) is 6.54 Å². The number of hydrogen-bond donors (Lipinski definition) is 2. The fourth-order valence-corrected chi connectivity index (χ4v) is 3.29. The van der Waals surface area contributed by atoms with Crippen LogP contribution < -0.4 is 11.1 Å². The highest BCUT2D eigenvalue weighted by Crippen LogP contribution is 2.23. The van der Waals surface area contributed by atoms with Crippen molar-refractivity contribution in [3.63, 3.8) is 0 Å². The second-order valence-electron chi connectivity index (χ2n) is 6.74. The van der Waals surface area contributed by atoms with Crippen LogP contribution in [0.3, 0.4) is 0 Å². The molecule has 3 aromatic carbocycles. The lowest BCUT2D eigenvalue weighted by molar-refractivity contribution is 0.0967. The summed E-state index contributed by atoms with van der Waals surface area (Å²) in [4.78, 5) is 37.6. The first-order chi connectivity index (χ1) is 14.1. The van der Waals surface area contributed by atoms with E-state index in [4.69, 9.17) is 5.73 Å². The second kappa shape index (κ2) is 7.56. The lowest BCUT2D eigenvalue weighted by atomic mass is 9.90. The Labute approximate surface area is 167 Å². The Morgan fingerprint density at radius 1 is 0.724 bits per heavy atom. The van der Waals surface area contributed by atoms with Crippen LogP contribution in [-0.4, -0.2) is 17.3 Å². The summed E-state index contributed by atoms with van der Waals surface area (Å²) < 4.78 is 0. The first-order valence-corrected chi connectivity index (χ1v) is 9.17. The third kappa shape index (κ3) is 3.46. The maximum absolute atomic E-state index is 12.7. The summed E-state index contributed by atoms with van der Waals surface area (Å²) in [6.07, 6.45) is 0. The van der Waals surface area contributed by atoms with Gasteiger partial charge in [-0.1, -0.05) is 78.9 Å². The number of Topliss-reactive ketones (excluding diaryl/α,β-unsaturated/α-hetero) is 2. The Bertz CT molecular complexity index is 1150. The summed E-state index contributed by atoms with van der Waals surface area (Å²) >= 11 is 0. The van der Waals surface area contributed by atoms with Crippen molar-refractivity contribution in [2.45, 2.75) is 6.54 Å². The first kappa shape index (κ1) is 18.4. The van der Waals surface area contributed by atoms with Crippen molar-refractivity contribution < 1.29 is 14.4 Å². The van der Waals surface area contributed by atoms with Crippen molar-refractivity contribution >= 4 is 17.3 Å². The molecule has 0 bridgehead atoms. The van der Waals surface area contributed by atoms with Gasteiger partial charge in [-0.05, 0) is 5.56 Å². The predicted octanol–water partition coefficient (Wildman–Crippen LogP) is 3.26. The number of nitrogens with two attached hydrogens (primary N) is 1. The summed E-state index contributed by atoms with van der Waals surface area (Å²) in [5, 5.41) is 2.99.